The highest BCUT2D eigenvalue weighted by Gasteiger charge is 2.38. The summed E-state index contributed by atoms with van der Waals surface area (Å²) in [4.78, 5) is 15.9. The van der Waals surface area contributed by atoms with E-state index in [9.17, 15) is 18.0 Å². The lowest BCUT2D eigenvalue weighted by atomic mass is 9.84. The minimum Gasteiger partial charge on any atom is -0.294 e. The van der Waals surface area contributed by atoms with Crippen LogP contribution < -0.4 is 0 Å². The molecule has 1 saturated carbocycles. The lowest BCUT2D eigenvalue weighted by molar-refractivity contribution is -0.141. The fraction of sp³-hybridized carbons (Fsp3) is 0.368. The highest BCUT2D eigenvalue weighted by atomic mass is 35.5. The van der Waals surface area contributed by atoms with Gasteiger partial charge in [0.2, 0.25) is 0 Å². The predicted molar refractivity (Wildman–Crippen MR) is 89.7 cm³/mol. The van der Waals surface area contributed by atoms with Crippen LogP contribution in [-0.2, 0) is 6.18 Å². The van der Waals surface area contributed by atoms with E-state index in [1.54, 1.807) is 12.1 Å². The summed E-state index contributed by atoms with van der Waals surface area (Å²) in [5, 5.41) is 0.638. The molecule has 2 atom stereocenters. The first-order valence-corrected chi connectivity index (χ1v) is 8.55. The zero-order valence-electron chi connectivity index (χ0n) is 13.4. The van der Waals surface area contributed by atoms with Crippen molar-refractivity contribution in [3.05, 3.63) is 64.4 Å². The number of Topliss-reactive ketones (excluding diaryl/α,β-unsaturated/α-hetero) is 1. The first kappa shape index (κ1) is 17.9. The Bertz CT molecular complexity index is 758. The van der Waals surface area contributed by atoms with Gasteiger partial charge in [-0.05, 0) is 54.5 Å². The minimum absolute atomic E-state index is 0.0370. The minimum atomic E-state index is -4.63. The summed E-state index contributed by atoms with van der Waals surface area (Å²) in [5.41, 5.74) is -0.347. The van der Waals surface area contributed by atoms with Gasteiger partial charge < -0.3 is 0 Å². The lowest BCUT2D eigenvalue weighted by Gasteiger charge is -2.20. The summed E-state index contributed by atoms with van der Waals surface area (Å²) in [6.45, 7) is 0. The maximum Gasteiger partial charge on any atom is 0.434 e. The van der Waals surface area contributed by atoms with Crippen molar-refractivity contribution < 1.29 is 18.0 Å². The molecule has 25 heavy (non-hydrogen) atoms. The van der Waals surface area contributed by atoms with Gasteiger partial charge in [-0.2, -0.15) is 13.2 Å². The van der Waals surface area contributed by atoms with Gasteiger partial charge in [0.1, 0.15) is 0 Å². The number of benzene rings is 1. The first-order valence-electron chi connectivity index (χ1n) is 8.17. The highest BCUT2D eigenvalue weighted by Crippen LogP contribution is 2.42. The molecule has 0 bridgehead atoms. The average Bonchev–Trinajstić information content (AvgIpc) is 3.03. The smallest absolute Gasteiger partial charge is 0.294 e. The molecule has 3 rings (SSSR count). The van der Waals surface area contributed by atoms with Crippen LogP contribution in [0.15, 0.2) is 42.6 Å². The molecule has 0 aliphatic heterocycles. The average molecular weight is 368 g/mol. The van der Waals surface area contributed by atoms with E-state index in [2.05, 4.69) is 4.98 Å². The van der Waals surface area contributed by atoms with Crippen LogP contribution in [0, 0.1) is 5.92 Å². The van der Waals surface area contributed by atoms with E-state index in [1.807, 2.05) is 12.1 Å². The molecule has 6 heteroatoms. The van der Waals surface area contributed by atoms with Crippen LogP contribution in [0.25, 0.3) is 0 Å². The van der Waals surface area contributed by atoms with Crippen LogP contribution in [-0.4, -0.2) is 10.8 Å². The second-order valence-corrected chi connectivity index (χ2v) is 6.81. The molecule has 0 spiro atoms. The molecular formula is C19H17ClF3NO. The Hall–Kier alpha value is -1.88. The summed E-state index contributed by atoms with van der Waals surface area (Å²) in [7, 11) is 0. The highest BCUT2D eigenvalue weighted by molar-refractivity contribution is 6.30. The molecular weight excluding hydrogens is 351 g/mol. The SMILES string of the molecule is O=C(CC1CCCC1c1ccc(Cl)cc1)c1cccnc1C(F)(F)F. The Morgan fingerprint density at radius 3 is 2.56 bits per heavy atom. The molecule has 1 fully saturated rings. The van der Waals surface area contributed by atoms with Gasteiger partial charge in [-0.15, -0.1) is 0 Å². The van der Waals surface area contributed by atoms with Crippen molar-refractivity contribution in [3.8, 4) is 0 Å². The van der Waals surface area contributed by atoms with Gasteiger partial charge in [0.15, 0.2) is 11.5 Å². The van der Waals surface area contributed by atoms with Crippen molar-refractivity contribution in [2.45, 2.75) is 37.8 Å². The van der Waals surface area contributed by atoms with Crippen molar-refractivity contribution in [1.82, 2.24) is 4.98 Å². The zero-order chi connectivity index (χ0) is 18.0. The van der Waals surface area contributed by atoms with E-state index in [0.29, 0.717) is 5.02 Å². The predicted octanol–water partition coefficient (Wildman–Crippen LogP) is 5.91. The van der Waals surface area contributed by atoms with Crippen LogP contribution in [0.5, 0.6) is 0 Å². The third kappa shape index (κ3) is 4.03. The topological polar surface area (TPSA) is 30.0 Å². The number of alkyl halides is 3. The Morgan fingerprint density at radius 1 is 1.16 bits per heavy atom. The van der Waals surface area contributed by atoms with Crippen molar-refractivity contribution in [3.63, 3.8) is 0 Å². The Labute approximate surface area is 149 Å². The monoisotopic (exact) mass is 367 g/mol. The maximum absolute atomic E-state index is 13.1. The number of nitrogens with zero attached hydrogens (tertiary/aromatic N) is 1. The lowest BCUT2D eigenvalue weighted by Crippen LogP contribution is -2.18. The molecule has 0 saturated heterocycles. The zero-order valence-corrected chi connectivity index (χ0v) is 14.1. The fourth-order valence-corrected chi connectivity index (χ4v) is 3.76. The van der Waals surface area contributed by atoms with Gasteiger partial charge in [0.05, 0.1) is 0 Å². The normalized spacial score (nSPS) is 20.6. The molecule has 2 unspecified atom stereocenters. The Balaban J connectivity index is 1.80. The quantitative estimate of drug-likeness (QED) is 0.629. The standard InChI is InChI=1S/C19H17ClF3NO/c20-14-8-6-12(7-9-14)15-4-1-3-13(15)11-17(25)16-5-2-10-24-18(16)19(21,22)23/h2,5-10,13,15H,1,3-4,11H2. The Kier molecular flexibility index (Phi) is 5.13. The second-order valence-electron chi connectivity index (χ2n) is 6.37. The number of carbonyl (C=O) groups is 1. The van der Waals surface area contributed by atoms with E-state index < -0.39 is 17.7 Å². The summed E-state index contributed by atoms with van der Waals surface area (Å²) >= 11 is 5.91. The largest absolute Gasteiger partial charge is 0.434 e. The number of hydrogen-bond donors (Lipinski definition) is 0. The van der Waals surface area contributed by atoms with Gasteiger partial charge in [-0.25, -0.2) is 0 Å². The number of carbonyl (C=O) groups excluding carboxylic acids is 1. The van der Waals surface area contributed by atoms with Crippen LogP contribution in [0.1, 0.15) is 53.2 Å². The van der Waals surface area contributed by atoms with Gasteiger partial charge >= 0.3 is 6.18 Å². The molecule has 0 radical (unpaired) electrons. The molecule has 1 aliphatic carbocycles. The van der Waals surface area contributed by atoms with Crippen LogP contribution in [0.2, 0.25) is 5.02 Å². The van der Waals surface area contributed by atoms with Gasteiger partial charge in [-0.1, -0.05) is 30.2 Å². The van der Waals surface area contributed by atoms with E-state index in [0.717, 1.165) is 31.0 Å². The summed E-state index contributed by atoms with van der Waals surface area (Å²) < 4.78 is 39.2. The van der Waals surface area contributed by atoms with Gasteiger partial charge in [0, 0.05) is 23.2 Å². The molecule has 132 valence electrons. The van der Waals surface area contributed by atoms with E-state index in [1.165, 1.54) is 12.1 Å². The molecule has 1 aromatic heterocycles. The maximum atomic E-state index is 13.1. The summed E-state index contributed by atoms with van der Waals surface area (Å²) in [6.07, 6.45) is -0.741. The second kappa shape index (κ2) is 7.16. The molecule has 1 aliphatic rings. The number of aromatic nitrogens is 1. The first-order chi connectivity index (χ1) is 11.9. The summed E-state index contributed by atoms with van der Waals surface area (Å²) in [5.74, 6) is -0.284. The van der Waals surface area contributed by atoms with Crippen molar-refractivity contribution >= 4 is 17.4 Å². The number of ketones is 1. The Morgan fingerprint density at radius 2 is 1.88 bits per heavy atom. The van der Waals surface area contributed by atoms with Crippen molar-refractivity contribution in [2.75, 3.05) is 0 Å². The number of pyridine rings is 1. The third-order valence-electron chi connectivity index (χ3n) is 4.78. The fourth-order valence-electron chi connectivity index (χ4n) is 3.63. The molecule has 2 aromatic rings. The number of hydrogen-bond acceptors (Lipinski definition) is 2. The molecule has 0 amide bonds. The van der Waals surface area contributed by atoms with E-state index >= 15 is 0 Å². The van der Waals surface area contributed by atoms with Gasteiger partial charge in [-0.3, -0.25) is 9.78 Å². The number of halogens is 4. The molecule has 1 heterocycles. The van der Waals surface area contributed by atoms with Crippen molar-refractivity contribution in [2.24, 2.45) is 5.92 Å². The molecule has 0 N–H and O–H groups in total. The molecule has 1 aromatic carbocycles. The number of rotatable bonds is 4. The van der Waals surface area contributed by atoms with Crippen molar-refractivity contribution in [1.29, 1.82) is 0 Å². The van der Waals surface area contributed by atoms with Gasteiger partial charge in [0.25, 0.3) is 0 Å². The van der Waals surface area contributed by atoms with Crippen LogP contribution in [0.4, 0.5) is 13.2 Å². The van der Waals surface area contributed by atoms with E-state index in [4.69, 9.17) is 11.6 Å². The molecule has 2 nitrogen and oxygen atoms in total. The summed E-state index contributed by atoms with van der Waals surface area (Å²) in [6, 6.07) is 10.0. The van der Waals surface area contributed by atoms with E-state index in [-0.39, 0.29) is 23.8 Å². The third-order valence-corrected chi connectivity index (χ3v) is 5.03. The van der Waals surface area contributed by atoms with Crippen LogP contribution >= 0.6 is 11.6 Å². The van der Waals surface area contributed by atoms with Crippen LogP contribution in [0.3, 0.4) is 0 Å².